The number of hydrogen-bond donors (Lipinski definition) is 0. The van der Waals surface area contributed by atoms with Gasteiger partial charge in [0.15, 0.2) is 0 Å². The van der Waals surface area contributed by atoms with E-state index in [1.165, 1.54) is 0 Å². The van der Waals surface area contributed by atoms with Gasteiger partial charge in [-0.2, -0.15) is 0 Å². The number of ether oxygens (including phenoxy) is 4. The molecule has 0 aromatic heterocycles. The number of rotatable bonds is 18. The van der Waals surface area contributed by atoms with Crippen LogP contribution in [0, 0.1) is 0 Å². The fourth-order valence-electron chi connectivity index (χ4n) is 3.21. The van der Waals surface area contributed by atoms with Crippen molar-refractivity contribution < 1.29 is 45.5 Å². The lowest BCUT2D eigenvalue weighted by Crippen LogP contribution is -2.60. The first kappa shape index (κ1) is 30.1. The smallest absolute Gasteiger partial charge is 0.375 e. The van der Waals surface area contributed by atoms with Crippen LogP contribution >= 0.6 is 0 Å². The van der Waals surface area contributed by atoms with E-state index in [4.69, 9.17) is 45.5 Å². The van der Waals surface area contributed by atoms with Crippen molar-refractivity contribution in [3.05, 3.63) is 0 Å². The molecular formula is C20H44O10Si2. The average molecular weight is 501 g/mol. The maximum atomic E-state index is 5.78. The predicted molar refractivity (Wildman–Crippen MR) is 122 cm³/mol. The van der Waals surface area contributed by atoms with E-state index >= 15 is 0 Å². The molecule has 0 bridgehead atoms. The Bertz CT molecular complexity index is 462. The third-order valence-corrected chi connectivity index (χ3v) is 11.4. The molecule has 0 amide bonds. The molecule has 2 heterocycles. The molecule has 0 aromatic rings. The monoisotopic (exact) mass is 500 g/mol. The standard InChI is InChI=1S/C11H24O5Si.C9H20O5Si/c1-5-9-12-11(10-13-11)17(14-6-2,15-7-3)16-8-4;1-5-9(14-7-8-6-13-8)15(10-2,11-3)12-4/h5-10H2,1-4H3;8-9H,5-7H2,1-4H3. The third-order valence-electron chi connectivity index (χ3n) is 4.92. The molecular weight excluding hydrogens is 456 g/mol. The van der Waals surface area contributed by atoms with Gasteiger partial charge < -0.3 is 45.5 Å². The van der Waals surface area contributed by atoms with Gasteiger partial charge in [-0.3, -0.25) is 0 Å². The van der Waals surface area contributed by atoms with Crippen LogP contribution in [0.1, 0.15) is 47.5 Å². The van der Waals surface area contributed by atoms with Gasteiger partial charge in [-0.1, -0.05) is 13.8 Å². The van der Waals surface area contributed by atoms with Crippen LogP contribution in [-0.4, -0.2) is 102 Å². The molecule has 0 aliphatic carbocycles. The van der Waals surface area contributed by atoms with Crippen LogP contribution in [0.2, 0.25) is 0 Å². The van der Waals surface area contributed by atoms with Crippen LogP contribution in [0.3, 0.4) is 0 Å². The van der Waals surface area contributed by atoms with Crippen LogP contribution in [0.25, 0.3) is 0 Å². The van der Waals surface area contributed by atoms with Gasteiger partial charge in [-0.05, 0) is 33.6 Å². The minimum atomic E-state index is -2.89. The van der Waals surface area contributed by atoms with Gasteiger partial charge in [0.2, 0.25) is 0 Å². The van der Waals surface area contributed by atoms with E-state index in [1.54, 1.807) is 21.3 Å². The summed E-state index contributed by atoms with van der Waals surface area (Å²) in [5.74, 6) is 0. The molecule has 0 spiro atoms. The largest absolute Gasteiger partial charge is 0.566 e. The summed E-state index contributed by atoms with van der Waals surface area (Å²) in [5.41, 5.74) is -0.882. The van der Waals surface area contributed by atoms with Gasteiger partial charge in [0.25, 0.3) is 5.41 Å². The molecule has 2 rings (SSSR count). The SMILES string of the molecule is CCC(OCC1CO1)[Si](OC)(OC)OC.CCCOC1([Si](OCC)(OCC)OCC)CO1. The zero-order chi connectivity index (χ0) is 24.1. The zero-order valence-electron chi connectivity index (χ0n) is 21.1. The molecule has 3 atom stereocenters. The Morgan fingerprint density at radius 3 is 1.72 bits per heavy atom. The highest BCUT2D eigenvalue weighted by Crippen LogP contribution is 2.40. The molecule has 32 heavy (non-hydrogen) atoms. The first-order valence-corrected chi connectivity index (χ1v) is 15.0. The molecule has 0 radical (unpaired) electrons. The van der Waals surface area contributed by atoms with Gasteiger partial charge in [0.1, 0.15) is 18.4 Å². The van der Waals surface area contributed by atoms with Crippen molar-refractivity contribution in [1.82, 2.24) is 0 Å². The summed E-state index contributed by atoms with van der Waals surface area (Å²) in [6.07, 6.45) is 1.98. The maximum Gasteiger partial charge on any atom is 0.566 e. The lowest BCUT2D eigenvalue weighted by molar-refractivity contribution is -0.0687. The van der Waals surface area contributed by atoms with Gasteiger partial charge in [0.05, 0.1) is 13.2 Å². The lowest BCUT2D eigenvalue weighted by Gasteiger charge is -2.32. The Labute approximate surface area is 195 Å². The fourth-order valence-corrected chi connectivity index (χ4v) is 8.05. The van der Waals surface area contributed by atoms with Crippen LogP contribution in [-0.2, 0) is 45.5 Å². The minimum Gasteiger partial charge on any atom is -0.375 e. The normalized spacial score (nSPS) is 23.4. The van der Waals surface area contributed by atoms with Crippen LogP contribution in [0.15, 0.2) is 0 Å². The first-order chi connectivity index (χ1) is 15.4. The predicted octanol–water partition coefficient (Wildman–Crippen LogP) is 2.32. The van der Waals surface area contributed by atoms with Gasteiger partial charge in [-0.15, -0.1) is 0 Å². The van der Waals surface area contributed by atoms with Crippen LogP contribution in [0.4, 0.5) is 0 Å². The van der Waals surface area contributed by atoms with E-state index in [9.17, 15) is 0 Å². The highest BCUT2D eigenvalue weighted by Gasteiger charge is 2.73. The molecule has 3 unspecified atom stereocenters. The minimum absolute atomic E-state index is 0.123. The fraction of sp³-hybridized carbons (Fsp3) is 1.00. The van der Waals surface area contributed by atoms with Crippen molar-refractivity contribution in [2.75, 3.05) is 67.6 Å². The van der Waals surface area contributed by atoms with Gasteiger partial charge in [-0.25, -0.2) is 0 Å². The maximum absolute atomic E-state index is 5.78. The van der Waals surface area contributed by atoms with E-state index in [0.717, 1.165) is 19.4 Å². The lowest BCUT2D eigenvalue weighted by atomic mass is 10.5. The average Bonchev–Trinajstić information content (AvgIpc) is 3.72. The molecule has 2 fully saturated rings. The Kier molecular flexibility index (Phi) is 14.2. The van der Waals surface area contributed by atoms with Gasteiger partial charge >= 0.3 is 17.6 Å². The van der Waals surface area contributed by atoms with Gasteiger partial charge in [0, 0.05) is 47.8 Å². The quantitative estimate of drug-likeness (QED) is 0.206. The summed E-state index contributed by atoms with van der Waals surface area (Å²) in [5, 5.41) is 0. The van der Waals surface area contributed by atoms with Crippen molar-refractivity contribution in [3.8, 4) is 0 Å². The highest BCUT2D eigenvalue weighted by molar-refractivity contribution is 6.64. The number of hydrogen-bond acceptors (Lipinski definition) is 10. The second-order valence-corrected chi connectivity index (χ2v) is 13.0. The van der Waals surface area contributed by atoms with E-state index in [0.29, 0.717) is 39.6 Å². The molecule has 0 N–H and O–H groups in total. The second-order valence-electron chi connectivity index (χ2n) is 7.15. The highest BCUT2D eigenvalue weighted by atomic mass is 28.4. The van der Waals surface area contributed by atoms with Crippen molar-refractivity contribution in [3.63, 3.8) is 0 Å². The van der Waals surface area contributed by atoms with Crippen molar-refractivity contribution in [2.24, 2.45) is 0 Å². The van der Waals surface area contributed by atoms with Crippen LogP contribution < -0.4 is 0 Å². The molecule has 0 saturated carbocycles. The summed E-state index contributed by atoms with van der Waals surface area (Å²) in [4.78, 5) is 0. The molecule has 2 aliphatic heterocycles. The van der Waals surface area contributed by atoms with E-state index in [1.807, 2.05) is 27.7 Å². The summed E-state index contributed by atoms with van der Waals surface area (Å²) in [7, 11) is -0.769. The topological polar surface area (TPSA) is 98.9 Å². The molecule has 10 nitrogen and oxygen atoms in total. The Morgan fingerprint density at radius 2 is 1.41 bits per heavy atom. The van der Waals surface area contributed by atoms with Crippen LogP contribution in [0.5, 0.6) is 0 Å². The molecule has 12 heteroatoms. The Hall–Kier alpha value is 0.0338. The second kappa shape index (κ2) is 15.1. The van der Waals surface area contributed by atoms with E-state index in [-0.39, 0.29) is 11.8 Å². The van der Waals surface area contributed by atoms with E-state index < -0.39 is 23.0 Å². The molecule has 0 aromatic carbocycles. The summed E-state index contributed by atoms with van der Waals surface area (Å²) in [6.45, 7) is 14.0. The molecule has 2 saturated heterocycles. The van der Waals surface area contributed by atoms with Crippen molar-refractivity contribution >= 4 is 17.6 Å². The number of epoxide rings is 2. The van der Waals surface area contributed by atoms with E-state index in [2.05, 4.69) is 6.92 Å². The zero-order valence-corrected chi connectivity index (χ0v) is 23.1. The summed E-state index contributed by atoms with van der Waals surface area (Å²) >= 11 is 0. The molecule has 192 valence electrons. The van der Waals surface area contributed by atoms with Crippen molar-refractivity contribution in [1.29, 1.82) is 0 Å². The Balaban J connectivity index is 0.000000323. The first-order valence-electron chi connectivity index (χ1n) is 11.5. The third kappa shape index (κ3) is 8.06. The molecule has 2 aliphatic rings. The summed E-state index contributed by atoms with van der Waals surface area (Å²) < 4.78 is 55.5. The summed E-state index contributed by atoms with van der Waals surface area (Å²) in [6, 6.07) is 0. The Morgan fingerprint density at radius 1 is 0.906 bits per heavy atom. The van der Waals surface area contributed by atoms with Crippen molar-refractivity contribution in [2.45, 2.75) is 64.7 Å².